The lowest BCUT2D eigenvalue weighted by molar-refractivity contribution is -0.129. The van der Waals surface area contributed by atoms with Crippen LogP contribution in [-0.4, -0.2) is 82.1 Å². The molecule has 0 aliphatic carbocycles. The van der Waals surface area contributed by atoms with Gasteiger partial charge in [-0.05, 0) is 39.2 Å². The van der Waals surface area contributed by atoms with Crippen LogP contribution < -0.4 is 0 Å². The Morgan fingerprint density at radius 3 is 2.77 bits per heavy atom. The van der Waals surface area contributed by atoms with Gasteiger partial charge in [0.15, 0.2) is 0 Å². The third-order valence-electron chi connectivity index (χ3n) is 6.64. The fraction of sp³-hybridized carbons (Fsp3) is 0.737. The predicted molar refractivity (Wildman–Crippen MR) is 97.9 cm³/mol. The maximum absolute atomic E-state index is 13.3. The van der Waals surface area contributed by atoms with E-state index in [4.69, 9.17) is 0 Å². The summed E-state index contributed by atoms with van der Waals surface area (Å²) in [6.45, 7) is 3.98. The van der Waals surface area contributed by atoms with E-state index < -0.39 is 0 Å². The third-order valence-corrected chi connectivity index (χ3v) is 6.64. The topological polar surface area (TPSA) is 61.7 Å². The van der Waals surface area contributed by atoms with Crippen LogP contribution in [0.2, 0.25) is 0 Å². The second-order valence-corrected chi connectivity index (χ2v) is 8.12. The molecule has 7 nitrogen and oxygen atoms in total. The molecule has 2 fully saturated rings. The standard InChI is InChI=1S/C19H29N5O2/c1-21-10-8-19(7-6-17(21)25)14-23(12-11-22(19)2)18(26)15-13-20-24-9-4-3-5-16(15)24/h13H,3-12,14H2,1-2H3. The Morgan fingerprint density at radius 1 is 1.08 bits per heavy atom. The van der Waals surface area contributed by atoms with Gasteiger partial charge in [-0.25, -0.2) is 0 Å². The van der Waals surface area contributed by atoms with Gasteiger partial charge in [0.05, 0.1) is 17.5 Å². The van der Waals surface area contributed by atoms with Crippen LogP contribution in [0.1, 0.15) is 48.2 Å². The molecule has 0 N–H and O–H groups in total. The maximum Gasteiger partial charge on any atom is 0.257 e. The quantitative estimate of drug-likeness (QED) is 0.750. The number of carbonyl (C=O) groups excluding carboxylic acids is 2. The number of likely N-dealkylation sites (tertiary alicyclic amines) is 1. The Labute approximate surface area is 154 Å². The van der Waals surface area contributed by atoms with Crippen LogP contribution in [0.4, 0.5) is 0 Å². The van der Waals surface area contributed by atoms with Crippen molar-refractivity contribution in [3.8, 4) is 0 Å². The number of likely N-dealkylation sites (N-methyl/N-ethyl adjacent to an activating group) is 1. The molecule has 0 aromatic carbocycles. The largest absolute Gasteiger partial charge is 0.346 e. The molecule has 3 aliphatic rings. The zero-order valence-corrected chi connectivity index (χ0v) is 15.9. The van der Waals surface area contributed by atoms with E-state index >= 15 is 0 Å². The van der Waals surface area contributed by atoms with Crippen LogP contribution in [0.25, 0.3) is 0 Å². The van der Waals surface area contributed by atoms with Gasteiger partial charge in [0, 0.05) is 51.7 Å². The number of nitrogens with zero attached hydrogens (tertiary/aromatic N) is 5. The van der Waals surface area contributed by atoms with Crippen LogP contribution in [0, 0.1) is 0 Å². The van der Waals surface area contributed by atoms with Gasteiger partial charge in [0.25, 0.3) is 5.91 Å². The zero-order valence-electron chi connectivity index (χ0n) is 15.9. The van der Waals surface area contributed by atoms with Crippen LogP contribution in [0.5, 0.6) is 0 Å². The highest BCUT2D eigenvalue weighted by molar-refractivity contribution is 5.95. The molecule has 1 spiro atoms. The highest BCUT2D eigenvalue weighted by atomic mass is 16.2. The van der Waals surface area contributed by atoms with Crippen molar-refractivity contribution in [1.29, 1.82) is 0 Å². The van der Waals surface area contributed by atoms with Crippen molar-refractivity contribution >= 4 is 11.8 Å². The number of aromatic nitrogens is 2. The fourth-order valence-corrected chi connectivity index (χ4v) is 4.70. The third kappa shape index (κ3) is 2.92. The molecule has 26 heavy (non-hydrogen) atoms. The Morgan fingerprint density at radius 2 is 1.92 bits per heavy atom. The molecular weight excluding hydrogens is 330 g/mol. The molecule has 0 saturated carbocycles. The first-order valence-corrected chi connectivity index (χ1v) is 9.79. The average Bonchev–Trinajstić information content (AvgIpc) is 3.03. The van der Waals surface area contributed by atoms with Gasteiger partial charge < -0.3 is 9.80 Å². The summed E-state index contributed by atoms with van der Waals surface area (Å²) in [5, 5.41) is 4.43. The predicted octanol–water partition coefficient (Wildman–Crippen LogP) is 0.988. The summed E-state index contributed by atoms with van der Waals surface area (Å²) >= 11 is 0. The average molecular weight is 359 g/mol. The minimum Gasteiger partial charge on any atom is -0.346 e. The van der Waals surface area contributed by atoms with E-state index in [1.54, 1.807) is 6.20 Å². The van der Waals surface area contributed by atoms with Crippen molar-refractivity contribution in [2.45, 2.75) is 50.6 Å². The summed E-state index contributed by atoms with van der Waals surface area (Å²) in [5.41, 5.74) is 1.79. The zero-order chi connectivity index (χ0) is 18.3. The number of aryl methyl sites for hydroxylation is 1. The number of rotatable bonds is 1. The fourth-order valence-electron chi connectivity index (χ4n) is 4.70. The van der Waals surface area contributed by atoms with Crippen LogP contribution in [0.3, 0.4) is 0 Å². The number of piperazine rings is 1. The first kappa shape index (κ1) is 17.5. The van der Waals surface area contributed by atoms with E-state index in [-0.39, 0.29) is 17.4 Å². The summed E-state index contributed by atoms with van der Waals surface area (Å²) in [6, 6.07) is 0. The van der Waals surface area contributed by atoms with Gasteiger partial charge >= 0.3 is 0 Å². The van der Waals surface area contributed by atoms with E-state index in [1.807, 2.05) is 21.5 Å². The van der Waals surface area contributed by atoms with E-state index in [0.717, 1.165) is 69.5 Å². The summed E-state index contributed by atoms with van der Waals surface area (Å²) in [4.78, 5) is 31.6. The van der Waals surface area contributed by atoms with Crippen molar-refractivity contribution in [1.82, 2.24) is 24.5 Å². The van der Waals surface area contributed by atoms with E-state index in [9.17, 15) is 9.59 Å². The molecule has 2 amide bonds. The molecule has 7 heteroatoms. The molecule has 4 heterocycles. The Balaban J connectivity index is 1.55. The van der Waals surface area contributed by atoms with Crippen molar-refractivity contribution in [3.63, 3.8) is 0 Å². The van der Waals surface area contributed by atoms with Gasteiger partial charge in [-0.15, -0.1) is 0 Å². The smallest absolute Gasteiger partial charge is 0.257 e. The normalized spacial score (nSPS) is 27.5. The molecule has 1 atom stereocenters. The molecule has 3 aliphatic heterocycles. The molecule has 1 aromatic rings. The number of carbonyl (C=O) groups is 2. The Hall–Kier alpha value is -1.89. The number of hydrogen-bond donors (Lipinski definition) is 0. The molecule has 1 unspecified atom stereocenters. The number of fused-ring (bicyclic) bond motifs is 1. The molecule has 0 bridgehead atoms. The lowest BCUT2D eigenvalue weighted by Gasteiger charge is -2.49. The minimum atomic E-state index is -0.0957. The monoisotopic (exact) mass is 359 g/mol. The second-order valence-electron chi connectivity index (χ2n) is 8.12. The Kier molecular flexibility index (Phi) is 4.50. The van der Waals surface area contributed by atoms with Gasteiger partial charge in [-0.3, -0.25) is 19.2 Å². The lowest BCUT2D eigenvalue weighted by atomic mass is 9.86. The van der Waals surface area contributed by atoms with Crippen molar-refractivity contribution < 1.29 is 9.59 Å². The molecule has 1 aromatic heterocycles. The maximum atomic E-state index is 13.3. The van der Waals surface area contributed by atoms with E-state index in [1.165, 1.54) is 0 Å². The molecule has 2 saturated heterocycles. The highest BCUT2D eigenvalue weighted by Gasteiger charge is 2.43. The van der Waals surface area contributed by atoms with Crippen molar-refractivity contribution in [2.24, 2.45) is 0 Å². The van der Waals surface area contributed by atoms with Gasteiger partial charge in [-0.1, -0.05) is 0 Å². The molecule has 142 valence electrons. The van der Waals surface area contributed by atoms with E-state index in [2.05, 4.69) is 17.0 Å². The molecule has 0 radical (unpaired) electrons. The van der Waals surface area contributed by atoms with Crippen molar-refractivity contribution in [2.75, 3.05) is 40.3 Å². The SMILES string of the molecule is CN1CCC2(CCC1=O)CN(C(=O)c1cnn3c1CCCC3)CCN2C. The first-order valence-electron chi connectivity index (χ1n) is 9.79. The lowest BCUT2D eigenvalue weighted by Crippen LogP contribution is -2.62. The summed E-state index contributed by atoms with van der Waals surface area (Å²) in [6.07, 6.45) is 7.28. The van der Waals surface area contributed by atoms with Crippen LogP contribution in [-0.2, 0) is 17.8 Å². The van der Waals surface area contributed by atoms with Crippen LogP contribution >= 0.6 is 0 Å². The summed E-state index contributed by atoms with van der Waals surface area (Å²) < 4.78 is 2.00. The Bertz CT molecular complexity index is 715. The van der Waals surface area contributed by atoms with Gasteiger partial charge in [0.1, 0.15) is 0 Å². The van der Waals surface area contributed by atoms with E-state index in [0.29, 0.717) is 13.0 Å². The van der Waals surface area contributed by atoms with Gasteiger partial charge in [-0.2, -0.15) is 5.10 Å². The van der Waals surface area contributed by atoms with Gasteiger partial charge in [0.2, 0.25) is 5.91 Å². The molecule has 4 rings (SSSR count). The molecular formula is C19H29N5O2. The summed E-state index contributed by atoms with van der Waals surface area (Å²) in [7, 11) is 4.02. The highest BCUT2D eigenvalue weighted by Crippen LogP contribution is 2.32. The summed E-state index contributed by atoms with van der Waals surface area (Å²) in [5.74, 6) is 0.328. The first-order chi connectivity index (χ1) is 12.5. The van der Waals surface area contributed by atoms with Crippen LogP contribution in [0.15, 0.2) is 6.20 Å². The second kappa shape index (κ2) is 6.68. The number of hydrogen-bond acceptors (Lipinski definition) is 4. The number of amides is 2. The minimum absolute atomic E-state index is 0.0957. The van der Waals surface area contributed by atoms with Crippen molar-refractivity contribution in [3.05, 3.63) is 17.5 Å².